The average molecular weight is 288 g/mol. The third-order valence-electron chi connectivity index (χ3n) is 2.30. The standard InChI is InChI=1S/C11H16N2O5S/c1-17-6-7(18-2)5-12-11(16)13-9-8(10(14)15)3-4-19-9/h3-4,7H,5-6H2,1-2H3,(H,14,15)(H2,12,13,16). The number of hydrogen-bond donors (Lipinski definition) is 3. The highest BCUT2D eigenvalue weighted by Crippen LogP contribution is 2.22. The Kier molecular flexibility index (Phi) is 6.26. The van der Waals surface area contributed by atoms with Gasteiger partial charge in [-0.15, -0.1) is 11.3 Å². The van der Waals surface area contributed by atoms with Gasteiger partial charge in [0, 0.05) is 20.8 Å². The van der Waals surface area contributed by atoms with Crippen LogP contribution in [0, 0.1) is 0 Å². The summed E-state index contributed by atoms with van der Waals surface area (Å²) in [7, 11) is 3.06. The Morgan fingerprint density at radius 2 is 2.21 bits per heavy atom. The van der Waals surface area contributed by atoms with E-state index in [2.05, 4.69) is 10.6 Å². The van der Waals surface area contributed by atoms with Gasteiger partial charge in [-0.05, 0) is 11.4 Å². The van der Waals surface area contributed by atoms with Gasteiger partial charge >= 0.3 is 12.0 Å². The van der Waals surface area contributed by atoms with Crippen molar-refractivity contribution in [3.8, 4) is 0 Å². The predicted molar refractivity (Wildman–Crippen MR) is 71.0 cm³/mol. The number of carbonyl (C=O) groups is 2. The van der Waals surface area contributed by atoms with Gasteiger partial charge < -0.3 is 19.9 Å². The van der Waals surface area contributed by atoms with Crippen molar-refractivity contribution in [3.05, 3.63) is 17.0 Å². The molecular weight excluding hydrogens is 272 g/mol. The maximum atomic E-state index is 11.6. The van der Waals surface area contributed by atoms with Crippen molar-refractivity contribution in [2.24, 2.45) is 0 Å². The van der Waals surface area contributed by atoms with E-state index in [0.717, 1.165) is 11.3 Å². The topological polar surface area (TPSA) is 96.9 Å². The first-order valence-corrected chi connectivity index (χ1v) is 6.33. The summed E-state index contributed by atoms with van der Waals surface area (Å²) < 4.78 is 9.99. The Bertz CT molecular complexity index is 434. The molecule has 0 bridgehead atoms. The molecule has 0 saturated heterocycles. The van der Waals surface area contributed by atoms with Crippen molar-refractivity contribution in [1.29, 1.82) is 0 Å². The zero-order valence-corrected chi connectivity index (χ0v) is 11.5. The number of methoxy groups -OCH3 is 2. The number of ether oxygens (including phenoxy) is 2. The van der Waals surface area contributed by atoms with Crippen LogP contribution in [-0.4, -0.2) is 50.6 Å². The van der Waals surface area contributed by atoms with E-state index >= 15 is 0 Å². The minimum absolute atomic E-state index is 0.0698. The Labute approximate surface area is 114 Å². The fourth-order valence-corrected chi connectivity index (χ4v) is 2.10. The van der Waals surface area contributed by atoms with Crippen LogP contribution in [0.15, 0.2) is 11.4 Å². The number of amides is 2. The maximum Gasteiger partial charge on any atom is 0.338 e. The van der Waals surface area contributed by atoms with Crippen molar-refractivity contribution in [2.45, 2.75) is 6.10 Å². The third-order valence-corrected chi connectivity index (χ3v) is 3.13. The lowest BCUT2D eigenvalue weighted by atomic mass is 10.3. The summed E-state index contributed by atoms with van der Waals surface area (Å²) in [5.41, 5.74) is 0.0698. The lowest BCUT2D eigenvalue weighted by molar-refractivity contribution is 0.0307. The van der Waals surface area contributed by atoms with Crippen LogP contribution in [0.3, 0.4) is 0 Å². The summed E-state index contributed by atoms with van der Waals surface area (Å²) in [6, 6.07) is 0.953. The highest BCUT2D eigenvalue weighted by molar-refractivity contribution is 7.14. The number of anilines is 1. The number of carboxylic acid groups (broad SMARTS) is 1. The zero-order valence-electron chi connectivity index (χ0n) is 10.6. The Morgan fingerprint density at radius 3 is 2.79 bits per heavy atom. The average Bonchev–Trinajstić information content (AvgIpc) is 2.82. The molecule has 106 valence electrons. The van der Waals surface area contributed by atoms with E-state index in [1.807, 2.05) is 0 Å². The van der Waals surface area contributed by atoms with Gasteiger partial charge in [0.25, 0.3) is 0 Å². The van der Waals surface area contributed by atoms with E-state index in [0.29, 0.717) is 11.6 Å². The maximum absolute atomic E-state index is 11.6. The van der Waals surface area contributed by atoms with Gasteiger partial charge in [-0.3, -0.25) is 5.32 Å². The molecule has 0 aliphatic carbocycles. The molecule has 1 atom stereocenters. The van der Waals surface area contributed by atoms with Crippen LogP contribution in [0.5, 0.6) is 0 Å². The summed E-state index contributed by atoms with van der Waals surface area (Å²) in [5.74, 6) is -1.08. The monoisotopic (exact) mass is 288 g/mol. The second kappa shape index (κ2) is 7.72. The molecule has 1 unspecified atom stereocenters. The van der Waals surface area contributed by atoms with Crippen molar-refractivity contribution < 1.29 is 24.2 Å². The van der Waals surface area contributed by atoms with Crippen LogP contribution in [0.25, 0.3) is 0 Å². The number of aromatic carboxylic acids is 1. The molecular formula is C11H16N2O5S. The molecule has 1 heterocycles. The summed E-state index contributed by atoms with van der Waals surface area (Å²) >= 11 is 1.15. The fourth-order valence-electron chi connectivity index (χ4n) is 1.32. The van der Waals surface area contributed by atoms with Gasteiger partial charge in [-0.1, -0.05) is 0 Å². The number of hydrogen-bond acceptors (Lipinski definition) is 5. The highest BCUT2D eigenvalue weighted by atomic mass is 32.1. The largest absolute Gasteiger partial charge is 0.478 e. The third kappa shape index (κ3) is 4.86. The molecule has 2 amide bonds. The highest BCUT2D eigenvalue weighted by Gasteiger charge is 2.14. The molecule has 0 aliphatic heterocycles. The number of nitrogens with one attached hydrogen (secondary N) is 2. The quantitative estimate of drug-likeness (QED) is 0.701. The summed E-state index contributed by atoms with van der Waals surface area (Å²) in [4.78, 5) is 22.5. The normalized spacial score (nSPS) is 11.9. The van der Waals surface area contributed by atoms with Gasteiger partial charge in [-0.2, -0.15) is 0 Å². The van der Waals surface area contributed by atoms with Crippen molar-refractivity contribution in [3.63, 3.8) is 0 Å². The molecule has 1 aromatic rings. The second-order valence-electron chi connectivity index (χ2n) is 3.62. The van der Waals surface area contributed by atoms with Crippen LogP contribution >= 0.6 is 11.3 Å². The van der Waals surface area contributed by atoms with Gasteiger partial charge in [0.15, 0.2) is 0 Å². The van der Waals surface area contributed by atoms with E-state index in [1.165, 1.54) is 20.3 Å². The fraction of sp³-hybridized carbons (Fsp3) is 0.455. The van der Waals surface area contributed by atoms with Gasteiger partial charge in [-0.25, -0.2) is 9.59 Å². The molecule has 1 aromatic heterocycles. The lowest BCUT2D eigenvalue weighted by Crippen LogP contribution is -2.38. The first-order chi connectivity index (χ1) is 9.08. The van der Waals surface area contributed by atoms with E-state index in [9.17, 15) is 9.59 Å². The van der Waals surface area contributed by atoms with Crippen molar-refractivity contribution >= 4 is 28.3 Å². The Hall–Kier alpha value is -1.64. The van der Waals surface area contributed by atoms with Crippen LogP contribution in [0.4, 0.5) is 9.80 Å². The minimum atomic E-state index is -1.08. The molecule has 8 heteroatoms. The smallest absolute Gasteiger partial charge is 0.338 e. The number of urea groups is 1. The van der Waals surface area contributed by atoms with Crippen LogP contribution in [0.2, 0.25) is 0 Å². The molecule has 1 rings (SSSR count). The van der Waals surface area contributed by atoms with Crippen molar-refractivity contribution in [2.75, 3.05) is 32.7 Å². The predicted octanol–water partition coefficient (Wildman–Crippen LogP) is 1.23. The molecule has 0 fully saturated rings. The number of rotatable bonds is 7. The number of thiophene rings is 1. The summed E-state index contributed by atoms with van der Waals surface area (Å²) in [6.45, 7) is 0.625. The van der Waals surface area contributed by atoms with Crippen LogP contribution in [0.1, 0.15) is 10.4 Å². The van der Waals surface area contributed by atoms with E-state index < -0.39 is 12.0 Å². The minimum Gasteiger partial charge on any atom is -0.478 e. The zero-order chi connectivity index (χ0) is 14.3. The molecule has 0 radical (unpaired) electrons. The van der Waals surface area contributed by atoms with E-state index in [-0.39, 0.29) is 18.2 Å². The van der Waals surface area contributed by atoms with Gasteiger partial charge in [0.05, 0.1) is 18.3 Å². The lowest BCUT2D eigenvalue weighted by Gasteiger charge is -2.15. The molecule has 0 aromatic carbocycles. The summed E-state index contributed by atoms with van der Waals surface area (Å²) in [5, 5.41) is 15.9. The molecule has 0 saturated carbocycles. The number of carbonyl (C=O) groups excluding carboxylic acids is 1. The Morgan fingerprint density at radius 1 is 1.47 bits per heavy atom. The number of carboxylic acids is 1. The summed E-state index contributed by atoms with van der Waals surface area (Å²) in [6.07, 6.45) is -0.252. The van der Waals surface area contributed by atoms with Crippen LogP contribution < -0.4 is 10.6 Å². The first-order valence-electron chi connectivity index (χ1n) is 5.45. The van der Waals surface area contributed by atoms with Crippen molar-refractivity contribution in [1.82, 2.24) is 5.32 Å². The molecule has 19 heavy (non-hydrogen) atoms. The molecule has 0 aliphatic rings. The van der Waals surface area contributed by atoms with Crippen LogP contribution in [-0.2, 0) is 9.47 Å². The second-order valence-corrected chi connectivity index (χ2v) is 4.53. The van der Waals surface area contributed by atoms with E-state index in [4.69, 9.17) is 14.6 Å². The van der Waals surface area contributed by atoms with E-state index in [1.54, 1.807) is 5.38 Å². The molecule has 3 N–H and O–H groups in total. The van der Waals surface area contributed by atoms with Gasteiger partial charge in [0.1, 0.15) is 5.00 Å². The molecule has 7 nitrogen and oxygen atoms in total. The Balaban J connectivity index is 2.47. The van der Waals surface area contributed by atoms with Gasteiger partial charge in [0.2, 0.25) is 0 Å². The SMILES string of the molecule is COCC(CNC(=O)Nc1sccc1C(=O)O)OC. The molecule has 0 spiro atoms. The first kappa shape index (κ1) is 15.4.